The van der Waals surface area contributed by atoms with Gasteiger partial charge in [0.25, 0.3) is 5.91 Å². The van der Waals surface area contributed by atoms with Crippen LogP contribution in [0.2, 0.25) is 0 Å². The van der Waals surface area contributed by atoms with Gasteiger partial charge in [-0.2, -0.15) is 0 Å². The molecule has 0 saturated carbocycles. The number of hydrogen-bond donors (Lipinski definition) is 3. The molecule has 0 aliphatic rings. The van der Waals surface area contributed by atoms with E-state index in [1.165, 1.54) is 4.90 Å². The summed E-state index contributed by atoms with van der Waals surface area (Å²) in [5.74, 6) is -0.0336. The van der Waals surface area contributed by atoms with E-state index in [2.05, 4.69) is 19.4 Å². The molecule has 0 heterocycles. The Hall–Kier alpha value is -1.55. The third-order valence-corrected chi connectivity index (χ3v) is 2.31. The fourth-order valence-electron chi connectivity index (χ4n) is 1.38. The number of nitrogens with two attached hydrogens (primary N) is 1. The molecule has 0 aliphatic carbocycles. The maximum absolute atomic E-state index is 11.6. The van der Waals surface area contributed by atoms with Crippen molar-refractivity contribution in [2.45, 2.75) is 6.42 Å². The predicted octanol–water partition coefficient (Wildman–Crippen LogP) is -0.467. The van der Waals surface area contributed by atoms with Crippen LogP contribution in [0.15, 0.2) is 24.3 Å². The van der Waals surface area contributed by atoms with Gasteiger partial charge in [-0.1, -0.05) is 0 Å². The quantitative estimate of drug-likeness (QED) is 0.466. The maximum Gasteiger partial charge on any atom is 0.251 e. The van der Waals surface area contributed by atoms with E-state index in [9.17, 15) is 4.79 Å². The number of carbonyl (C=O) groups is 1. The fourth-order valence-corrected chi connectivity index (χ4v) is 1.38. The fraction of sp³-hybridized carbons (Fsp3) is 0.417. The van der Waals surface area contributed by atoms with Crippen molar-refractivity contribution in [1.29, 1.82) is 0 Å². The molecule has 0 atom stereocenters. The average molecular weight is 222 g/mol. The van der Waals surface area contributed by atoms with Gasteiger partial charge in [0.15, 0.2) is 0 Å². The molecule has 0 radical (unpaired) electrons. The number of hydrogen-bond acceptors (Lipinski definition) is 2. The number of rotatable bonds is 5. The highest BCUT2D eigenvalue weighted by atomic mass is 16.1. The first-order valence-electron chi connectivity index (χ1n) is 5.52. The number of quaternary nitrogens is 1. The average Bonchev–Trinajstić information content (AvgIpc) is 2.25. The Morgan fingerprint density at radius 1 is 1.31 bits per heavy atom. The largest absolute Gasteiger partial charge is 0.399 e. The first-order chi connectivity index (χ1) is 7.59. The summed E-state index contributed by atoms with van der Waals surface area (Å²) in [7, 11) is 4.20. The zero-order valence-electron chi connectivity index (χ0n) is 9.92. The SMILES string of the molecule is C[NH+](C)CCCNC(=O)c1ccc(N)cc1. The number of benzene rings is 1. The van der Waals surface area contributed by atoms with Gasteiger partial charge in [-0.25, -0.2) is 0 Å². The lowest BCUT2D eigenvalue weighted by Crippen LogP contribution is -3.05. The Balaban J connectivity index is 2.32. The molecular weight excluding hydrogens is 202 g/mol. The van der Waals surface area contributed by atoms with Gasteiger partial charge in [0.1, 0.15) is 0 Å². The van der Waals surface area contributed by atoms with Gasteiger partial charge >= 0.3 is 0 Å². The highest BCUT2D eigenvalue weighted by Gasteiger charge is 2.04. The predicted molar refractivity (Wildman–Crippen MR) is 65.5 cm³/mol. The molecule has 1 aromatic carbocycles. The molecule has 0 spiro atoms. The summed E-state index contributed by atoms with van der Waals surface area (Å²) in [6.45, 7) is 1.77. The summed E-state index contributed by atoms with van der Waals surface area (Å²) in [4.78, 5) is 13.0. The lowest BCUT2D eigenvalue weighted by Gasteiger charge is -2.08. The van der Waals surface area contributed by atoms with Crippen molar-refractivity contribution in [1.82, 2.24) is 5.32 Å². The van der Waals surface area contributed by atoms with Crippen LogP contribution in [0.1, 0.15) is 16.8 Å². The monoisotopic (exact) mass is 222 g/mol. The van der Waals surface area contributed by atoms with Crippen LogP contribution in [0.4, 0.5) is 5.69 Å². The van der Waals surface area contributed by atoms with E-state index in [1.807, 2.05) is 0 Å². The Bertz CT molecular complexity index is 333. The second-order valence-electron chi connectivity index (χ2n) is 4.19. The first-order valence-corrected chi connectivity index (χ1v) is 5.52. The van der Waals surface area contributed by atoms with Crippen LogP contribution in [-0.2, 0) is 0 Å². The van der Waals surface area contributed by atoms with Crippen molar-refractivity contribution in [3.05, 3.63) is 29.8 Å². The highest BCUT2D eigenvalue weighted by Crippen LogP contribution is 2.04. The van der Waals surface area contributed by atoms with E-state index in [1.54, 1.807) is 24.3 Å². The van der Waals surface area contributed by atoms with Crippen molar-refractivity contribution >= 4 is 11.6 Å². The van der Waals surface area contributed by atoms with Crippen LogP contribution in [0.5, 0.6) is 0 Å². The number of nitrogen functional groups attached to an aromatic ring is 1. The third-order valence-electron chi connectivity index (χ3n) is 2.31. The van der Waals surface area contributed by atoms with Crippen LogP contribution in [0, 0.1) is 0 Å². The van der Waals surface area contributed by atoms with E-state index >= 15 is 0 Å². The molecule has 4 nitrogen and oxygen atoms in total. The lowest BCUT2D eigenvalue weighted by atomic mass is 10.2. The van der Waals surface area contributed by atoms with Crippen molar-refractivity contribution < 1.29 is 9.69 Å². The standard InChI is InChI=1S/C12H19N3O/c1-15(2)9-3-8-14-12(16)10-4-6-11(13)7-5-10/h4-7H,3,8-9,13H2,1-2H3,(H,14,16)/p+1. The zero-order valence-corrected chi connectivity index (χ0v) is 9.92. The number of amides is 1. The van der Waals surface area contributed by atoms with Crippen molar-refractivity contribution in [3.63, 3.8) is 0 Å². The molecule has 0 aliphatic heterocycles. The van der Waals surface area contributed by atoms with Crippen LogP contribution < -0.4 is 16.0 Å². The topological polar surface area (TPSA) is 59.6 Å². The van der Waals surface area contributed by atoms with E-state index < -0.39 is 0 Å². The van der Waals surface area contributed by atoms with Gasteiger partial charge in [-0.15, -0.1) is 0 Å². The summed E-state index contributed by atoms with van der Waals surface area (Å²) in [6.07, 6.45) is 0.989. The Kier molecular flexibility index (Phi) is 4.79. The van der Waals surface area contributed by atoms with Crippen molar-refractivity contribution in [2.24, 2.45) is 0 Å². The smallest absolute Gasteiger partial charge is 0.251 e. The summed E-state index contributed by atoms with van der Waals surface area (Å²) in [6, 6.07) is 6.95. The summed E-state index contributed by atoms with van der Waals surface area (Å²) >= 11 is 0. The molecule has 0 aromatic heterocycles. The zero-order chi connectivity index (χ0) is 12.0. The van der Waals surface area contributed by atoms with Gasteiger partial charge in [0.05, 0.1) is 20.6 Å². The van der Waals surface area contributed by atoms with Crippen molar-refractivity contribution in [3.8, 4) is 0 Å². The van der Waals surface area contributed by atoms with Crippen LogP contribution in [-0.4, -0.2) is 33.1 Å². The minimum atomic E-state index is -0.0336. The Labute approximate surface area is 96.4 Å². The molecule has 4 N–H and O–H groups in total. The van der Waals surface area contributed by atoms with E-state index in [-0.39, 0.29) is 5.91 Å². The summed E-state index contributed by atoms with van der Waals surface area (Å²) in [5.41, 5.74) is 6.88. The summed E-state index contributed by atoms with van der Waals surface area (Å²) in [5, 5.41) is 2.88. The molecule has 1 rings (SSSR count). The van der Waals surface area contributed by atoms with Gasteiger partial charge in [0, 0.05) is 24.2 Å². The number of nitrogens with one attached hydrogen (secondary N) is 2. The molecule has 0 unspecified atom stereocenters. The highest BCUT2D eigenvalue weighted by molar-refractivity contribution is 5.94. The molecule has 1 amide bonds. The molecule has 16 heavy (non-hydrogen) atoms. The van der Waals surface area contributed by atoms with Gasteiger partial charge < -0.3 is 16.0 Å². The van der Waals surface area contributed by atoms with Crippen LogP contribution >= 0.6 is 0 Å². The molecule has 0 bridgehead atoms. The van der Waals surface area contributed by atoms with Gasteiger partial charge in [-0.3, -0.25) is 4.79 Å². The first kappa shape index (κ1) is 12.5. The maximum atomic E-state index is 11.6. The minimum absolute atomic E-state index is 0.0336. The molecular formula is C12H20N3O+. The van der Waals surface area contributed by atoms with Crippen molar-refractivity contribution in [2.75, 3.05) is 32.9 Å². The second-order valence-corrected chi connectivity index (χ2v) is 4.19. The Morgan fingerprint density at radius 3 is 2.50 bits per heavy atom. The van der Waals surface area contributed by atoms with Crippen LogP contribution in [0.25, 0.3) is 0 Å². The number of carbonyl (C=O) groups excluding carboxylic acids is 1. The second kappa shape index (κ2) is 6.12. The molecule has 0 fully saturated rings. The Morgan fingerprint density at radius 2 is 1.94 bits per heavy atom. The van der Waals surface area contributed by atoms with Gasteiger partial charge in [0.2, 0.25) is 0 Å². The number of anilines is 1. The lowest BCUT2D eigenvalue weighted by molar-refractivity contribution is -0.858. The molecule has 88 valence electrons. The minimum Gasteiger partial charge on any atom is -0.399 e. The van der Waals surface area contributed by atoms with Crippen LogP contribution in [0.3, 0.4) is 0 Å². The molecule has 1 aromatic rings. The van der Waals surface area contributed by atoms with E-state index in [4.69, 9.17) is 5.73 Å². The van der Waals surface area contributed by atoms with E-state index in [0.717, 1.165) is 13.0 Å². The van der Waals surface area contributed by atoms with E-state index in [0.29, 0.717) is 17.8 Å². The normalized spacial score (nSPS) is 10.4. The summed E-state index contributed by atoms with van der Waals surface area (Å²) < 4.78 is 0. The van der Waals surface area contributed by atoms with Gasteiger partial charge in [-0.05, 0) is 24.3 Å². The molecule has 0 saturated heterocycles. The molecule has 4 heteroatoms. The third kappa shape index (κ3) is 4.31.